The minimum atomic E-state index is -0.397. The predicted octanol–water partition coefficient (Wildman–Crippen LogP) is 3.11. The van der Waals surface area contributed by atoms with Crippen LogP contribution < -0.4 is 0 Å². The molecule has 0 amide bonds. The Morgan fingerprint density at radius 3 is 2.88 bits per heavy atom. The summed E-state index contributed by atoms with van der Waals surface area (Å²) in [4.78, 5) is 17.9. The Morgan fingerprint density at radius 2 is 2.25 bits per heavy atom. The molecule has 1 N–H and O–H groups in total. The van der Waals surface area contributed by atoms with E-state index >= 15 is 0 Å². The Kier molecular flexibility index (Phi) is 2.00. The van der Waals surface area contributed by atoms with Crippen molar-refractivity contribution in [3.63, 3.8) is 0 Å². The molecule has 82 valence electrons. The lowest BCUT2D eigenvalue weighted by Crippen LogP contribution is -1.89. The number of benzene rings is 1. The number of nitrogens with one attached hydrogen (secondary N) is 1. The number of H-pyrrole nitrogens is 1. The molecule has 6 heteroatoms. The van der Waals surface area contributed by atoms with E-state index in [1.807, 2.05) is 0 Å². The van der Waals surface area contributed by atoms with E-state index in [4.69, 9.17) is 0 Å². The van der Waals surface area contributed by atoms with Crippen LogP contribution in [0.25, 0.3) is 11.0 Å². The molecule has 1 aromatic carbocycles. The van der Waals surface area contributed by atoms with E-state index in [-0.39, 0.29) is 5.69 Å². The second-order valence-corrected chi connectivity index (χ2v) is 4.80. The minimum absolute atomic E-state index is 0.0568. The molecule has 3 rings (SSSR count). The van der Waals surface area contributed by atoms with Crippen LogP contribution in [-0.2, 0) is 0 Å². The number of nitro groups is 1. The highest BCUT2D eigenvalue weighted by atomic mass is 79.9. The topological polar surface area (TPSA) is 71.8 Å². The van der Waals surface area contributed by atoms with Gasteiger partial charge in [0.2, 0.25) is 0 Å². The number of aromatic amines is 1. The van der Waals surface area contributed by atoms with Crippen molar-refractivity contribution < 1.29 is 4.92 Å². The maximum Gasteiger partial charge on any atom is 0.297 e. The molecule has 0 saturated heterocycles. The Labute approximate surface area is 99.2 Å². The van der Waals surface area contributed by atoms with Gasteiger partial charge in [0.05, 0.1) is 10.4 Å². The molecule has 1 fully saturated rings. The van der Waals surface area contributed by atoms with Crippen molar-refractivity contribution >= 4 is 32.7 Å². The highest BCUT2D eigenvalue weighted by Crippen LogP contribution is 2.40. The summed E-state index contributed by atoms with van der Waals surface area (Å²) < 4.78 is 0.813. The summed E-state index contributed by atoms with van der Waals surface area (Å²) in [5.41, 5.74) is 1.22. The van der Waals surface area contributed by atoms with Crippen LogP contribution in [0.15, 0.2) is 16.6 Å². The van der Waals surface area contributed by atoms with Crippen LogP contribution in [0.5, 0.6) is 0 Å². The van der Waals surface area contributed by atoms with Gasteiger partial charge in [0.1, 0.15) is 5.82 Å². The van der Waals surface area contributed by atoms with Crippen molar-refractivity contribution in [2.24, 2.45) is 0 Å². The number of aromatic nitrogens is 2. The number of non-ortho nitro benzene ring substituents is 1. The van der Waals surface area contributed by atoms with E-state index in [0.717, 1.165) is 28.7 Å². The number of nitrogens with zero attached hydrogens (tertiary/aromatic N) is 2. The number of rotatable bonds is 2. The van der Waals surface area contributed by atoms with Gasteiger partial charge in [-0.2, -0.15) is 0 Å². The van der Waals surface area contributed by atoms with E-state index in [1.54, 1.807) is 6.07 Å². The normalized spacial score (nSPS) is 15.6. The zero-order valence-corrected chi connectivity index (χ0v) is 9.82. The van der Waals surface area contributed by atoms with Crippen LogP contribution in [0.2, 0.25) is 0 Å². The Bertz CT molecular complexity index is 589. The Balaban J connectivity index is 2.29. The van der Waals surface area contributed by atoms with Gasteiger partial charge in [0, 0.05) is 16.5 Å². The van der Waals surface area contributed by atoms with E-state index in [2.05, 4.69) is 25.9 Å². The average molecular weight is 282 g/mol. The molecular formula is C10H8BrN3O2. The fourth-order valence-electron chi connectivity index (χ4n) is 1.76. The third kappa shape index (κ3) is 1.41. The SMILES string of the molecule is O=[N+]([O-])c1ccc(Br)c2[nH]c(C3CC3)nc12. The highest BCUT2D eigenvalue weighted by Gasteiger charge is 2.28. The first-order valence-electron chi connectivity index (χ1n) is 4.99. The largest absolute Gasteiger partial charge is 0.341 e. The quantitative estimate of drug-likeness (QED) is 0.679. The zero-order valence-electron chi connectivity index (χ0n) is 8.24. The molecule has 0 aliphatic heterocycles. The molecule has 1 heterocycles. The fraction of sp³-hybridized carbons (Fsp3) is 0.300. The van der Waals surface area contributed by atoms with Crippen molar-refractivity contribution in [3.8, 4) is 0 Å². The summed E-state index contributed by atoms with van der Waals surface area (Å²) in [5.74, 6) is 1.32. The second-order valence-electron chi connectivity index (χ2n) is 3.94. The van der Waals surface area contributed by atoms with Crippen molar-refractivity contribution in [2.45, 2.75) is 18.8 Å². The molecule has 1 aliphatic rings. The summed E-state index contributed by atoms with van der Waals surface area (Å²) in [5, 5.41) is 10.9. The lowest BCUT2D eigenvalue weighted by molar-refractivity contribution is -0.383. The predicted molar refractivity (Wildman–Crippen MR) is 62.4 cm³/mol. The van der Waals surface area contributed by atoms with Gasteiger partial charge in [-0.15, -0.1) is 0 Å². The first-order chi connectivity index (χ1) is 7.66. The van der Waals surface area contributed by atoms with Crippen molar-refractivity contribution in [3.05, 3.63) is 32.5 Å². The van der Waals surface area contributed by atoms with Gasteiger partial charge in [0.25, 0.3) is 5.69 Å². The van der Waals surface area contributed by atoms with E-state index in [9.17, 15) is 10.1 Å². The smallest absolute Gasteiger partial charge is 0.297 e. The van der Waals surface area contributed by atoms with Gasteiger partial charge in [-0.25, -0.2) is 4.98 Å². The van der Waals surface area contributed by atoms with Crippen LogP contribution in [0, 0.1) is 10.1 Å². The fourth-order valence-corrected chi connectivity index (χ4v) is 2.18. The molecule has 0 unspecified atom stereocenters. The first kappa shape index (κ1) is 9.77. The monoisotopic (exact) mass is 281 g/mol. The van der Waals surface area contributed by atoms with Gasteiger partial charge in [-0.05, 0) is 34.8 Å². The van der Waals surface area contributed by atoms with E-state index in [1.165, 1.54) is 6.07 Å². The van der Waals surface area contributed by atoms with Crippen molar-refractivity contribution in [2.75, 3.05) is 0 Å². The summed E-state index contributed by atoms with van der Waals surface area (Å²) in [6.07, 6.45) is 2.23. The maximum atomic E-state index is 10.9. The number of nitro benzene ring substituents is 1. The molecular weight excluding hydrogens is 274 g/mol. The highest BCUT2D eigenvalue weighted by molar-refractivity contribution is 9.10. The van der Waals surface area contributed by atoms with Crippen molar-refractivity contribution in [1.82, 2.24) is 9.97 Å². The molecule has 1 saturated carbocycles. The minimum Gasteiger partial charge on any atom is -0.341 e. The van der Waals surface area contributed by atoms with Crippen LogP contribution in [0.4, 0.5) is 5.69 Å². The van der Waals surface area contributed by atoms with Gasteiger partial charge >= 0.3 is 0 Å². The van der Waals surface area contributed by atoms with Crippen LogP contribution >= 0.6 is 15.9 Å². The Hall–Kier alpha value is -1.43. The van der Waals surface area contributed by atoms with E-state index in [0.29, 0.717) is 11.4 Å². The van der Waals surface area contributed by atoms with Gasteiger partial charge < -0.3 is 4.98 Å². The summed E-state index contributed by atoms with van der Waals surface area (Å²) >= 11 is 3.37. The standard InChI is InChI=1S/C10H8BrN3O2/c11-6-3-4-7(14(15)16)9-8(6)12-10(13-9)5-1-2-5/h3-5H,1-2H2,(H,12,13). The number of hydrogen-bond donors (Lipinski definition) is 1. The molecule has 0 bridgehead atoms. The molecule has 16 heavy (non-hydrogen) atoms. The van der Waals surface area contributed by atoms with Gasteiger partial charge in [-0.3, -0.25) is 10.1 Å². The van der Waals surface area contributed by atoms with E-state index < -0.39 is 4.92 Å². The maximum absolute atomic E-state index is 10.9. The van der Waals surface area contributed by atoms with Gasteiger partial charge in [0.15, 0.2) is 5.52 Å². The molecule has 0 spiro atoms. The summed E-state index contributed by atoms with van der Waals surface area (Å²) in [6, 6.07) is 3.15. The summed E-state index contributed by atoms with van der Waals surface area (Å²) in [7, 11) is 0. The number of fused-ring (bicyclic) bond motifs is 1. The number of halogens is 1. The molecule has 1 aromatic heterocycles. The number of imidazole rings is 1. The van der Waals surface area contributed by atoms with Gasteiger partial charge in [-0.1, -0.05) is 0 Å². The second kappa shape index (κ2) is 3.28. The zero-order chi connectivity index (χ0) is 11.3. The lowest BCUT2D eigenvalue weighted by Gasteiger charge is -1.94. The molecule has 0 radical (unpaired) electrons. The van der Waals surface area contributed by atoms with Crippen LogP contribution in [0.3, 0.4) is 0 Å². The first-order valence-corrected chi connectivity index (χ1v) is 5.78. The molecule has 1 aliphatic carbocycles. The molecule has 2 aromatic rings. The molecule has 5 nitrogen and oxygen atoms in total. The number of hydrogen-bond acceptors (Lipinski definition) is 3. The van der Waals surface area contributed by atoms with Crippen LogP contribution in [-0.4, -0.2) is 14.9 Å². The lowest BCUT2D eigenvalue weighted by atomic mass is 10.3. The summed E-state index contributed by atoms with van der Waals surface area (Å²) in [6.45, 7) is 0. The average Bonchev–Trinajstić information content (AvgIpc) is 2.98. The van der Waals surface area contributed by atoms with Crippen LogP contribution in [0.1, 0.15) is 24.6 Å². The van der Waals surface area contributed by atoms with Crippen molar-refractivity contribution in [1.29, 1.82) is 0 Å². The third-order valence-electron chi connectivity index (χ3n) is 2.75. The third-order valence-corrected chi connectivity index (χ3v) is 3.41. The molecule has 0 atom stereocenters. The Morgan fingerprint density at radius 1 is 1.50 bits per heavy atom.